The van der Waals surface area contributed by atoms with Crippen molar-refractivity contribution in [3.05, 3.63) is 29.3 Å². The minimum Gasteiger partial charge on any atom is -0.490 e. The fourth-order valence-electron chi connectivity index (χ4n) is 3.19. The maximum Gasteiger partial charge on any atom is 0.124 e. The Morgan fingerprint density at radius 2 is 2.32 bits per heavy atom. The Hall–Kier alpha value is -0.670. The average Bonchev–Trinajstić information content (AvgIpc) is 2.93. The number of ether oxygens (including phenoxy) is 1. The lowest BCUT2D eigenvalue weighted by Crippen LogP contribution is -2.37. The Bertz CT molecular complexity index is 442. The Labute approximate surface area is 120 Å². The fourth-order valence-corrected chi connectivity index (χ4v) is 4.51. The van der Waals surface area contributed by atoms with Gasteiger partial charge in [-0.25, -0.2) is 0 Å². The van der Waals surface area contributed by atoms with E-state index in [1.54, 1.807) is 0 Å². The number of aryl methyl sites for hydroxylation is 1. The van der Waals surface area contributed by atoms with Crippen LogP contribution in [0.25, 0.3) is 0 Å². The molecule has 19 heavy (non-hydrogen) atoms. The largest absolute Gasteiger partial charge is 0.490 e. The number of benzene rings is 1. The van der Waals surface area contributed by atoms with E-state index in [4.69, 9.17) is 4.74 Å². The van der Waals surface area contributed by atoms with Gasteiger partial charge in [-0.2, -0.15) is 11.8 Å². The van der Waals surface area contributed by atoms with Gasteiger partial charge in [-0.1, -0.05) is 24.6 Å². The maximum atomic E-state index is 6.29. The zero-order chi connectivity index (χ0) is 13.2. The van der Waals surface area contributed by atoms with Crippen LogP contribution in [0, 0.1) is 12.8 Å². The number of nitrogens with one attached hydrogen (secondary N) is 1. The summed E-state index contributed by atoms with van der Waals surface area (Å²) in [5, 5.41) is 3.63. The topological polar surface area (TPSA) is 21.3 Å². The van der Waals surface area contributed by atoms with Gasteiger partial charge in [0.15, 0.2) is 0 Å². The summed E-state index contributed by atoms with van der Waals surface area (Å²) in [5.41, 5.74) is 2.67. The number of thioether (sulfide) groups is 1. The summed E-state index contributed by atoms with van der Waals surface area (Å²) in [5.74, 6) is 4.41. The molecule has 104 valence electrons. The molecule has 1 aromatic carbocycles. The molecule has 3 unspecified atom stereocenters. The van der Waals surface area contributed by atoms with Crippen molar-refractivity contribution in [2.45, 2.75) is 38.8 Å². The highest BCUT2D eigenvalue weighted by atomic mass is 32.2. The van der Waals surface area contributed by atoms with Crippen LogP contribution in [0.4, 0.5) is 0 Å². The highest BCUT2D eigenvalue weighted by molar-refractivity contribution is 7.99. The van der Waals surface area contributed by atoms with E-state index in [-0.39, 0.29) is 0 Å². The Morgan fingerprint density at radius 3 is 3.05 bits per heavy atom. The van der Waals surface area contributed by atoms with E-state index in [1.165, 1.54) is 29.1 Å². The first kappa shape index (κ1) is 13.3. The van der Waals surface area contributed by atoms with Crippen LogP contribution < -0.4 is 10.1 Å². The summed E-state index contributed by atoms with van der Waals surface area (Å²) in [6.45, 7) is 5.36. The molecule has 0 saturated carbocycles. The van der Waals surface area contributed by atoms with E-state index in [9.17, 15) is 0 Å². The molecule has 2 aliphatic rings. The van der Waals surface area contributed by atoms with Crippen LogP contribution in [0.2, 0.25) is 0 Å². The summed E-state index contributed by atoms with van der Waals surface area (Å²) in [6, 6.07) is 7.06. The van der Waals surface area contributed by atoms with E-state index >= 15 is 0 Å². The van der Waals surface area contributed by atoms with Gasteiger partial charge in [0.25, 0.3) is 0 Å². The summed E-state index contributed by atoms with van der Waals surface area (Å²) in [6.07, 6.45) is 2.83. The second-order valence-electron chi connectivity index (χ2n) is 5.67. The van der Waals surface area contributed by atoms with E-state index in [1.807, 2.05) is 0 Å². The highest BCUT2D eigenvalue weighted by Crippen LogP contribution is 2.40. The predicted octanol–water partition coefficient (Wildman–Crippen LogP) is 3.55. The Balaban J connectivity index is 1.85. The molecule has 0 bridgehead atoms. The van der Waals surface area contributed by atoms with Gasteiger partial charge in [0.05, 0.1) is 0 Å². The quantitative estimate of drug-likeness (QED) is 0.913. The number of rotatable bonds is 3. The first-order chi connectivity index (χ1) is 9.28. The smallest absolute Gasteiger partial charge is 0.124 e. The molecule has 1 saturated heterocycles. The molecule has 2 aliphatic heterocycles. The molecule has 0 radical (unpaired) electrons. The SMILES string of the molecule is CCNC1CC(C2CCSC2)Oc2ccc(C)cc21. The summed E-state index contributed by atoms with van der Waals surface area (Å²) < 4.78 is 6.29. The fraction of sp³-hybridized carbons (Fsp3) is 0.625. The monoisotopic (exact) mass is 277 g/mol. The average molecular weight is 277 g/mol. The first-order valence-corrected chi connectivity index (χ1v) is 8.51. The third-order valence-electron chi connectivity index (χ3n) is 4.23. The zero-order valence-electron chi connectivity index (χ0n) is 11.8. The van der Waals surface area contributed by atoms with E-state index in [2.05, 4.69) is 49.1 Å². The zero-order valence-corrected chi connectivity index (χ0v) is 12.6. The molecule has 0 spiro atoms. The molecule has 3 heteroatoms. The van der Waals surface area contributed by atoms with Gasteiger partial charge in [-0.3, -0.25) is 0 Å². The number of fused-ring (bicyclic) bond motifs is 1. The van der Waals surface area contributed by atoms with Gasteiger partial charge in [0, 0.05) is 23.9 Å². The van der Waals surface area contributed by atoms with Crippen molar-refractivity contribution in [1.29, 1.82) is 0 Å². The van der Waals surface area contributed by atoms with Crippen molar-refractivity contribution >= 4 is 11.8 Å². The molecule has 2 nitrogen and oxygen atoms in total. The molecule has 3 atom stereocenters. The van der Waals surface area contributed by atoms with Crippen molar-refractivity contribution in [1.82, 2.24) is 5.32 Å². The molecule has 2 heterocycles. The standard InChI is InChI=1S/C16H23NOS/c1-3-17-14-9-16(12-6-7-19-10-12)18-15-5-4-11(2)8-13(14)15/h4-5,8,12,14,16-17H,3,6-7,9-10H2,1-2H3. The van der Waals surface area contributed by atoms with Crippen LogP contribution in [-0.2, 0) is 0 Å². The second kappa shape index (κ2) is 5.76. The van der Waals surface area contributed by atoms with Crippen molar-refractivity contribution in [3.63, 3.8) is 0 Å². The third-order valence-corrected chi connectivity index (χ3v) is 5.42. The summed E-state index contributed by atoms with van der Waals surface area (Å²) in [4.78, 5) is 0. The maximum absolute atomic E-state index is 6.29. The van der Waals surface area contributed by atoms with Crippen LogP contribution in [0.15, 0.2) is 18.2 Å². The van der Waals surface area contributed by atoms with Crippen molar-refractivity contribution in [2.24, 2.45) is 5.92 Å². The lowest BCUT2D eigenvalue weighted by Gasteiger charge is -2.35. The van der Waals surface area contributed by atoms with Gasteiger partial charge < -0.3 is 10.1 Å². The van der Waals surface area contributed by atoms with Crippen LogP contribution in [0.5, 0.6) is 5.75 Å². The van der Waals surface area contributed by atoms with Gasteiger partial charge in [-0.05, 0) is 37.5 Å². The molecular weight excluding hydrogens is 254 g/mol. The van der Waals surface area contributed by atoms with E-state index in [0.717, 1.165) is 24.6 Å². The highest BCUT2D eigenvalue weighted by Gasteiger charge is 2.34. The lowest BCUT2D eigenvalue weighted by atomic mass is 9.89. The minimum atomic E-state index is 0.397. The van der Waals surface area contributed by atoms with Gasteiger partial charge >= 0.3 is 0 Å². The minimum absolute atomic E-state index is 0.397. The number of hydrogen-bond acceptors (Lipinski definition) is 3. The molecule has 0 aromatic heterocycles. The Morgan fingerprint density at radius 1 is 1.42 bits per heavy atom. The van der Waals surface area contributed by atoms with Crippen molar-refractivity contribution in [2.75, 3.05) is 18.1 Å². The molecule has 3 rings (SSSR count). The summed E-state index contributed by atoms with van der Waals surface area (Å²) in [7, 11) is 0. The molecule has 1 N–H and O–H groups in total. The van der Waals surface area contributed by atoms with Gasteiger partial charge in [0.1, 0.15) is 11.9 Å². The Kier molecular flexibility index (Phi) is 4.04. The second-order valence-corrected chi connectivity index (χ2v) is 6.82. The van der Waals surface area contributed by atoms with Crippen LogP contribution in [-0.4, -0.2) is 24.2 Å². The van der Waals surface area contributed by atoms with E-state index < -0.39 is 0 Å². The predicted molar refractivity (Wildman–Crippen MR) is 82.1 cm³/mol. The first-order valence-electron chi connectivity index (χ1n) is 7.36. The molecule has 0 amide bonds. The van der Waals surface area contributed by atoms with Crippen molar-refractivity contribution < 1.29 is 4.74 Å². The van der Waals surface area contributed by atoms with Crippen LogP contribution in [0.1, 0.15) is 36.9 Å². The molecule has 0 aliphatic carbocycles. The van der Waals surface area contributed by atoms with Gasteiger partial charge in [-0.15, -0.1) is 0 Å². The van der Waals surface area contributed by atoms with Crippen molar-refractivity contribution in [3.8, 4) is 5.75 Å². The molecule has 1 aromatic rings. The molecule has 1 fully saturated rings. The normalized spacial score (nSPS) is 29.9. The van der Waals surface area contributed by atoms with Crippen LogP contribution >= 0.6 is 11.8 Å². The molecular formula is C16H23NOS. The van der Waals surface area contributed by atoms with Crippen LogP contribution in [0.3, 0.4) is 0 Å². The number of hydrogen-bond donors (Lipinski definition) is 1. The third kappa shape index (κ3) is 2.77. The van der Waals surface area contributed by atoms with E-state index in [0.29, 0.717) is 12.1 Å². The summed E-state index contributed by atoms with van der Waals surface area (Å²) >= 11 is 2.07. The van der Waals surface area contributed by atoms with Gasteiger partial charge in [0.2, 0.25) is 0 Å². The lowest BCUT2D eigenvalue weighted by molar-refractivity contribution is 0.103.